The largest absolute Gasteiger partial charge is 0.396 e. The van der Waals surface area contributed by atoms with Crippen molar-refractivity contribution in [2.45, 2.75) is 19.3 Å². The second-order valence-corrected chi connectivity index (χ2v) is 7.71. The Morgan fingerprint density at radius 1 is 1.11 bits per heavy atom. The lowest BCUT2D eigenvalue weighted by atomic mass is 9.71. The molecular formula is C21H26N4O2. The van der Waals surface area contributed by atoms with E-state index in [9.17, 15) is 9.90 Å². The van der Waals surface area contributed by atoms with E-state index < -0.39 is 0 Å². The topological polar surface area (TPSA) is 69.6 Å². The molecule has 4 rings (SSSR count). The molecule has 1 unspecified atom stereocenters. The van der Waals surface area contributed by atoms with Crippen molar-refractivity contribution >= 4 is 11.9 Å². The number of likely N-dealkylation sites (tertiary alicyclic amines) is 1. The SMILES string of the molecule is O=C(Cc1ccccc1)N1CCC2(CC1)CN(c1ncccn1)CC2CO. The quantitative estimate of drug-likeness (QED) is 0.893. The Bertz CT molecular complexity index is 760. The summed E-state index contributed by atoms with van der Waals surface area (Å²) in [6.45, 7) is 3.31. The first kappa shape index (κ1) is 17.9. The Kier molecular flexibility index (Phi) is 5.07. The van der Waals surface area contributed by atoms with Crippen LogP contribution < -0.4 is 4.90 Å². The van der Waals surface area contributed by atoms with Crippen LogP contribution in [0, 0.1) is 11.3 Å². The number of carbonyl (C=O) groups is 1. The molecular weight excluding hydrogens is 340 g/mol. The van der Waals surface area contributed by atoms with Gasteiger partial charge in [-0.05, 0) is 29.9 Å². The van der Waals surface area contributed by atoms with E-state index in [0.717, 1.165) is 50.5 Å². The number of aromatic nitrogens is 2. The van der Waals surface area contributed by atoms with Crippen LogP contribution >= 0.6 is 0 Å². The number of piperidine rings is 1. The molecule has 1 aromatic carbocycles. The highest BCUT2D eigenvalue weighted by molar-refractivity contribution is 5.78. The van der Waals surface area contributed by atoms with Crippen LogP contribution in [0.3, 0.4) is 0 Å². The van der Waals surface area contributed by atoms with Crippen molar-refractivity contribution in [3.8, 4) is 0 Å². The molecule has 2 aliphatic heterocycles. The first-order chi connectivity index (χ1) is 13.2. The lowest BCUT2D eigenvalue weighted by Crippen LogP contribution is -2.47. The van der Waals surface area contributed by atoms with Gasteiger partial charge < -0.3 is 14.9 Å². The summed E-state index contributed by atoms with van der Waals surface area (Å²) in [7, 11) is 0. The molecule has 1 atom stereocenters. The van der Waals surface area contributed by atoms with Crippen LogP contribution in [0.15, 0.2) is 48.8 Å². The van der Waals surface area contributed by atoms with Crippen LogP contribution in [0.5, 0.6) is 0 Å². The second-order valence-electron chi connectivity index (χ2n) is 7.71. The molecule has 1 spiro atoms. The third-order valence-corrected chi connectivity index (χ3v) is 6.18. The van der Waals surface area contributed by atoms with Gasteiger partial charge in [-0.1, -0.05) is 30.3 Å². The molecule has 2 fully saturated rings. The summed E-state index contributed by atoms with van der Waals surface area (Å²) in [4.78, 5) is 25.5. The number of anilines is 1. The van der Waals surface area contributed by atoms with Gasteiger partial charge in [0.1, 0.15) is 0 Å². The fourth-order valence-electron chi connectivity index (χ4n) is 4.54. The Balaban J connectivity index is 1.40. The average molecular weight is 366 g/mol. The van der Waals surface area contributed by atoms with Gasteiger partial charge in [0.15, 0.2) is 0 Å². The van der Waals surface area contributed by atoms with Crippen molar-refractivity contribution in [1.82, 2.24) is 14.9 Å². The van der Waals surface area contributed by atoms with Gasteiger partial charge in [0, 0.05) is 51.1 Å². The van der Waals surface area contributed by atoms with E-state index in [2.05, 4.69) is 14.9 Å². The molecule has 0 bridgehead atoms. The molecule has 1 aromatic heterocycles. The maximum atomic E-state index is 12.7. The fourth-order valence-corrected chi connectivity index (χ4v) is 4.54. The molecule has 6 heteroatoms. The summed E-state index contributed by atoms with van der Waals surface area (Å²) in [5.41, 5.74) is 1.10. The van der Waals surface area contributed by atoms with Gasteiger partial charge in [-0.3, -0.25) is 4.79 Å². The molecule has 6 nitrogen and oxygen atoms in total. The maximum Gasteiger partial charge on any atom is 0.226 e. The number of nitrogens with zero attached hydrogens (tertiary/aromatic N) is 4. The number of carbonyl (C=O) groups excluding carboxylic acids is 1. The lowest BCUT2D eigenvalue weighted by molar-refractivity contribution is -0.133. The van der Waals surface area contributed by atoms with E-state index in [1.54, 1.807) is 12.4 Å². The summed E-state index contributed by atoms with van der Waals surface area (Å²) >= 11 is 0. The van der Waals surface area contributed by atoms with Crippen molar-refractivity contribution in [2.24, 2.45) is 11.3 Å². The van der Waals surface area contributed by atoms with Gasteiger partial charge >= 0.3 is 0 Å². The standard InChI is InChI=1S/C21H26N4O2/c26-15-18-14-25(20-22-9-4-10-23-20)16-21(18)7-11-24(12-8-21)19(27)13-17-5-2-1-3-6-17/h1-6,9-10,18,26H,7-8,11-16H2. The van der Waals surface area contributed by atoms with E-state index in [1.807, 2.05) is 41.3 Å². The molecule has 0 radical (unpaired) electrons. The van der Waals surface area contributed by atoms with Crippen LogP contribution in [0.1, 0.15) is 18.4 Å². The number of hydrogen-bond donors (Lipinski definition) is 1. The van der Waals surface area contributed by atoms with Gasteiger partial charge in [-0.2, -0.15) is 0 Å². The Morgan fingerprint density at radius 2 is 1.81 bits per heavy atom. The van der Waals surface area contributed by atoms with Gasteiger partial charge in [-0.15, -0.1) is 0 Å². The number of aliphatic hydroxyl groups is 1. The van der Waals surface area contributed by atoms with Crippen LogP contribution in [0.4, 0.5) is 5.95 Å². The van der Waals surface area contributed by atoms with Gasteiger partial charge in [0.2, 0.25) is 11.9 Å². The average Bonchev–Trinajstić information content (AvgIpc) is 3.08. The second kappa shape index (κ2) is 7.64. The van der Waals surface area contributed by atoms with Gasteiger partial charge in [-0.25, -0.2) is 9.97 Å². The Hall–Kier alpha value is -2.47. The van der Waals surface area contributed by atoms with Crippen molar-refractivity contribution in [1.29, 1.82) is 0 Å². The van der Waals surface area contributed by atoms with Crippen LogP contribution in [0.2, 0.25) is 0 Å². The zero-order chi connectivity index (χ0) is 18.7. The summed E-state index contributed by atoms with van der Waals surface area (Å²) in [5.74, 6) is 1.13. The number of aliphatic hydroxyl groups excluding tert-OH is 1. The molecule has 2 saturated heterocycles. The van der Waals surface area contributed by atoms with E-state index in [0.29, 0.717) is 6.42 Å². The van der Waals surface area contributed by atoms with E-state index >= 15 is 0 Å². The zero-order valence-electron chi connectivity index (χ0n) is 15.5. The molecule has 1 amide bonds. The van der Waals surface area contributed by atoms with Gasteiger partial charge in [0.25, 0.3) is 0 Å². The monoisotopic (exact) mass is 366 g/mol. The molecule has 27 heavy (non-hydrogen) atoms. The molecule has 0 aliphatic carbocycles. The predicted octanol–water partition coefficient (Wildman–Crippen LogP) is 1.76. The third-order valence-electron chi connectivity index (χ3n) is 6.18. The minimum Gasteiger partial charge on any atom is -0.396 e. The summed E-state index contributed by atoms with van der Waals surface area (Å²) in [6, 6.07) is 11.7. The number of hydrogen-bond acceptors (Lipinski definition) is 5. The van der Waals surface area contributed by atoms with E-state index in [4.69, 9.17) is 0 Å². The van der Waals surface area contributed by atoms with Crippen molar-refractivity contribution in [3.05, 3.63) is 54.4 Å². The smallest absolute Gasteiger partial charge is 0.226 e. The number of rotatable bonds is 4. The first-order valence-electron chi connectivity index (χ1n) is 9.65. The molecule has 142 valence electrons. The van der Waals surface area contributed by atoms with E-state index in [-0.39, 0.29) is 23.8 Å². The highest BCUT2D eigenvalue weighted by atomic mass is 16.3. The van der Waals surface area contributed by atoms with Gasteiger partial charge in [0.05, 0.1) is 6.42 Å². The fraction of sp³-hybridized carbons (Fsp3) is 0.476. The van der Waals surface area contributed by atoms with Crippen LogP contribution in [-0.2, 0) is 11.2 Å². The highest BCUT2D eigenvalue weighted by Crippen LogP contribution is 2.45. The molecule has 2 aliphatic rings. The van der Waals surface area contributed by atoms with Crippen LogP contribution in [0.25, 0.3) is 0 Å². The van der Waals surface area contributed by atoms with E-state index in [1.165, 1.54) is 0 Å². The molecule has 0 saturated carbocycles. The normalized spacial score (nSPS) is 21.6. The summed E-state index contributed by atoms with van der Waals surface area (Å²) in [5, 5.41) is 9.97. The van der Waals surface area contributed by atoms with Crippen LogP contribution in [-0.4, -0.2) is 58.7 Å². The van der Waals surface area contributed by atoms with Crippen molar-refractivity contribution < 1.29 is 9.90 Å². The summed E-state index contributed by atoms with van der Waals surface area (Å²) in [6.07, 6.45) is 5.81. The zero-order valence-corrected chi connectivity index (χ0v) is 15.5. The van der Waals surface area contributed by atoms with Crippen molar-refractivity contribution in [2.75, 3.05) is 37.7 Å². The lowest BCUT2D eigenvalue weighted by Gasteiger charge is -2.42. The molecule has 2 aromatic rings. The number of benzene rings is 1. The maximum absolute atomic E-state index is 12.7. The Labute approximate surface area is 159 Å². The third kappa shape index (κ3) is 3.67. The first-order valence-corrected chi connectivity index (χ1v) is 9.65. The Morgan fingerprint density at radius 3 is 2.48 bits per heavy atom. The number of amides is 1. The highest BCUT2D eigenvalue weighted by Gasteiger charge is 2.48. The minimum atomic E-state index is 0.0392. The molecule has 1 N–H and O–H groups in total. The van der Waals surface area contributed by atoms with Crippen molar-refractivity contribution in [3.63, 3.8) is 0 Å². The summed E-state index contributed by atoms with van der Waals surface area (Å²) < 4.78 is 0. The minimum absolute atomic E-state index is 0.0392. The molecule has 3 heterocycles. The predicted molar refractivity (Wildman–Crippen MR) is 103 cm³/mol.